The van der Waals surface area contributed by atoms with E-state index in [2.05, 4.69) is 6.92 Å². The van der Waals surface area contributed by atoms with E-state index in [1.54, 1.807) is 0 Å². The topological polar surface area (TPSA) is 91.8 Å². The van der Waals surface area contributed by atoms with Crippen molar-refractivity contribution in [1.82, 2.24) is 9.80 Å². The molecule has 2 rings (SSSR count). The van der Waals surface area contributed by atoms with Crippen LogP contribution in [0.2, 0.25) is 0 Å². The molecule has 0 saturated carbocycles. The van der Waals surface area contributed by atoms with Gasteiger partial charge in [-0.1, -0.05) is 56.5 Å². The van der Waals surface area contributed by atoms with Crippen LogP contribution in [0.5, 0.6) is 0 Å². The highest BCUT2D eigenvalue weighted by Crippen LogP contribution is 2.17. The summed E-state index contributed by atoms with van der Waals surface area (Å²) in [5.74, 6) is -0.792. The van der Waals surface area contributed by atoms with Crippen molar-refractivity contribution in [3.05, 3.63) is 35.9 Å². The van der Waals surface area contributed by atoms with E-state index in [1.165, 1.54) is 9.80 Å². The fourth-order valence-corrected chi connectivity index (χ4v) is 2.94. The minimum atomic E-state index is -0.722. The molecule has 0 unspecified atom stereocenters. The number of carbonyl (C=O) groups is 5. The first-order valence-electron chi connectivity index (χ1n) is 9.31. The van der Waals surface area contributed by atoms with Crippen molar-refractivity contribution >= 4 is 51.5 Å². The lowest BCUT2D eigenvalue weighted by Gasteiger charge is -2.32. The lowest BCUT2D eigenvalue weighted by atomic mass is 10.1. The maximum atomic E-state index is 12.4. The molecule has 9 heteroatoms. The fourth-order valence-electron chi connectivity index (χ4n) is 2.63. The molecular weight excluding hydrogens is 419 g/mol. The Bertz CT molecular complexity index is 728. The van der Waals surface area contributed by atoms with Gasteiger partial charge in [0.15, 0.2) is 0 Å². The third-order valence-electron chi connectivity index (χ3n) is 4.06. The molecule has 1 aliphatic heterocycles. The SMILES string of the molecule is CCCCCCN1C(=O)CC(=O)N(Cc2ccccc2)C1=O.O=C(Cl)CC(=O)Cl. The zero-order valence-corrected chi connectivity index (χ0v) is 17.7. The molecular formula is C20H24Cl2N2O5. The smallest absolute Gasteiger partial charge is 0.281 e. The first kappa shape index (κ1) is 24.8. The molecule has 1 aromatic rings. The third kappa shape index (κ3) is 9.19. The Balaban J connectivity index is 0.000000516. The molecule has 29 heavy (non-hydrogen) atoms. The van der Waals surface area contributed by atoms with Crippen molar-refractivity contribution in [2.45, 2.75) is 52.0 Å². The van der Waals surface area contributed by atoms with Gasteiger partial charge in [0.2, 0.25) is 22.3 Å². The normalized spacial score (nSPS) is 13.8. The van der Waals surface area contributed by atoms with Crippen LogP contribution >= 0.6 is 23.2 Å². The van der Waals surface area contributed by atoms with Crippen LogP contribution in [0.15, 0.2) is 30.3 Å². The number of barbiturate groups is 1. The molecule has 0 N–H and O–H groups in total. The van der Waals surface area contributed by atoms with Crippen molar-refractivity contribution in [1.29, 1.82) is 0 Å². The summed E-state index contributed by atoms with van der Waals surface area (Å²) in [4.78, 5) is 58.2. The van der Waals surface area contributed by atoms with Crippen LogP contribution in [0.3, 0.4) is 0 Å². The molecule has 0 atom stereocenters. The van der Waals surface area contributed by atoms with Gasteiger partial charge in [-0.05, 0) is 35.2 Å². The zero-order valence-electron chi connectivity index (χ0n) is 16.2. The maximum Gasteiger partial charge on any atom is 0.333 e. The molecule has 1 heterocycles. The van der Waals surface area contributed by atoms with Crippen LogP contribution in [0.25, 0.3) is 0 Å². The number of rotatable bonds is 9. The average Bonchev–Trinajstić information content (AvgIpc) is 2.64. The average molecular weight is 443 g/mol. The number of nitrogens with zero attached hydrogens (tertiary/aromatic N) is 2. The largest absolute Gasteiger partial charge is 0.333 e. The number of halogens is 2. The first-order chi connectivity index (χ1) is 13.8. The number of unbranched alkanes of at least 4 members (excludes halogenated alkanes) is 3. The highest BCUT2D eigenvalue weighted by atomic mass is 35.5. The number of hydrogen-bond acceptors (Lipinski definition) is 5. The summed E-state index contributed by atoms with van der Waals surface area (Å²) in [5, 5.41) is -1.44. The Labute approximate surface area is 179 Å². The van der Waals surface area contributed by atoms with Crippen LogP contribution in [-0.2, 0) is 25.7 Å². The van der Waals surface area contributed by atoms with E-state index in [4.69, 9.17) is 23.2 Å². The second-order valence-corrected chi connectivity index (χ2v) is 7.26. The Morgan fingerprint density at radius 3 is 2.00 bits per heavy atom. The minimum Gasteiger partial charge on any atom is -0.281 e. The monoisotopic (exact) mass is 442 g/mol. The Hall–Kier alpha value is -2.25. The fraction of sp³-hybridized carbons (Fsp3) is 0.450. The van der Waals surface area contributed by atoms with Crippen LogP contribution in [0, 0.1) is 0 Å². The van der Waals surface area contributed by atoms with Crippen LogP contribution in [-0.4, -0.2) is 44.7 Å². The lowest BCUT2D eigenvalue weighted by molar-refractivity contribution is -0.143. The van der Waals surface area contributed by atoms with E-state index in [-0.39, 0.29) is 25.3 Å². The van der Waals surface area contributed by atoms with E-state index in [0.717, 1.165) is 31.2 Å². The van der Waals surface area contributed by atoms with Crippen molar-refractivity contribution in [2.75, 3.05) is 6.54 Å². The van der Waals surface area contributed by atoms with Gasteiger partial charge >= 0.3 is 6.03 Å². The number of amides is 4. The van der Waals surface area contributed by atoms with E-state index < -0.39 is 22.4 Å². The van der Waals surface area contributed by atoms with Crippen LogP contribution in [0.1, 0.15) is 51.0 Å². The lowest BCUT2D eigenvalue weighted by Crippen LogP contribution is -2.54. The third-order valence-corrected chi connectivity index (χ3v) is 4.33. The molecule has 0 aliphatic carbocycles. The molecule has 1 fully saturated rings. The van der Waals surface area contributed by atoms with Gasteiger partial charge in [-0.2, -0.15) is 0 Å². The highest BCUT2D eigenvalue weighted by Gasteiger charge is 2.37. The minimum absolute atomic E-state index is 0.216. The van der Waals surface area contributed by atoms with Gasteiger partial charge in [-0.3, -0.25) is 29.0 Å². The maximum absolute atomic E-state index is 12.4. The van der Waals surface area contributed by atoms with Crippen molar-refractivity contribution in [3.63, 3.8) is 0 Å². The Morgan fingerprint density at radius 2 is 1.48 bits per heavy atom. The molecule has 0 bridgehead atoms. The van der Waals surface area contributed by atoms with E-state index >= 15 is 0 Å². The summed E-state index contributed by atoms with van der Waals surface area (Å²) in [7, 11) is 0. The standard InChI is InChI=1S/C17H22N2O3.C3H2Cl2O2/c1-2-3-4-8-11-18-15(20)12-16(21)19(17(18)22)13-14-9-6-5-7-10-14;4-2(6)1-3(5)7/h5-7,9-10H,2-4,8,11-13H2,1H3;1H2. The summed E-state index contributed by atoms with van der Waals surface area (Å²) in [5.41, 5.74) is 0.879. The van der Waals surface area contributed by atoms with Gasteiger partial charge in [0.05, 0.1) is 13.0 Å². The molecule has 7 nitrogen and oxygen atoms in total. The van der Waals surface area contributed by atoms with Crippen molar-refractivity contribution in [2.24, 2.45) is 0 Å². The molecule has 0 aromatic heterocycles. The summed E-state index contributed by atoms with van der Waals surface area (Å²) in [6.07, 6.45) is 3.36. The van der Waals surface area contributed by atoms with Gasteiger partial charge in [-0.15, -0.1) is 0 Å². The van der Waals surface area contributed by atoms with Gasteiger partial charge in [-0.25, -0.2) is 4.79 Å². The summed E-state index contributed by atoms with van der Waals surface area (Å²) < 4.78 is 0. The van der Waals surface area contributed by atoms with Crippen molar-refractivity contribution in [3.8, 4) is 0 Å². The summed E-state index contributed by atoms with van der Waals surface area (Å²) in [6, 6.07) is 8.85. The predicted molar refractivity (Wildman–Crippen MR) is 109 cm³/mol. The van der Waals surface area contributed by atoms with Crippen LogP contribution < -0.4 is 0 Å². The Kier molecular flexibility index (Phi) is 11.2. The second-order valence-electron chi connectivity index (χ2n) is 6.42. The Morgan fingerprint density at radius 1 is 0.897 bits per heavy atom. The van der Waals surface area contributed by atoms with E-state index in [9.17, 15) is 24.0 Å². The number of carbonyl (C=O) groups excluding carboxylic acids is 5. The molecule has 1 saturated heterocycles. The molecule has 0 spiro atoms. The molecule has 0 radical (unpaired) electrons. The van der Waals surface area contributed by atoms with Crippen LogP contribution in [0.4, 0.5) is 4.79 Å². The number of imide groups is 2. The van der Waals surface area contributed by atoms with E-state index in [1.807, 2.05) is 30.3 Å². The number of urea groups is 1. The van der Waals surface area contributed by atoms with Crippen molar-refractivity contribution < 1.29 is 24.0 Å². The number of hydrogen-bond donors (Lipinski definition) is 0. The van der Waals surface area contributed by atoms with Gasteiger partial charge < -0.3 is 0 Å². The highest BCUT2D eigenvalue weighted by molar-refractivity contribution is 6.72. The molecule has 158 valence electrons. The van der Waals surface area contributed by atoms with Gasteiger partial charge in [0, 0.05) is 6.54 Å². The summed E-state index contributed by atoms with van der Waals surface area (Å²) in [6.45, 7) is 2.73. The number of benzene rings is 1. The van der Waals surface area contributed by atoms with Gasteiger partial charge in [0.25, 0.3) is 0 Å². The molecule has 1 aliphatic rings. The molecule has 4 amide bonds. The predicted octanol–water partition coefficient (Wildman–Crippen LogP) is 3.86. The first-order valence-corrected chi connectivity index (χ1v) is 10.1. The van der Waals surface area contributed by atoms with E-state index in [0.29, 0.717) is 6.54 Å². The zero-order chi connectivity index (χ0) is 21.8. The van der Waals surface area contributed by atoms with Gasteiger partial charge in [0.1, 0.15) is 6.42 Å². The quantitative estimate of drug-likeness (QED) is 0.328. The second kappa shape index (κ2) is 13.1. The summed E-state index contributed by atoms with van der Waals surface area (Å²) >= 11 is 9.46. The molecule has 1 aromatic carbocycles.